The number of nitrogens with two attached hydrogens (primary N) is 1. The number of halogens is 1. The summed E-state index contributed by atoms with van der Waals surface area (Å²) in [5.74, 6) is 1.51. The molecule has 6 heteroatoms. The summed E-state index contributed by atoms with van der Waals surface area (Å²) >= 11 is 0. The maximum absolute atomic E-state index is 6.02. The maximum Gasteiger partial charge on any atom is 0.188 e. The number of hydrogen-bond donors (Lipinski definition) is 2. The van der Waals surface area contributed by atoms with Crippen LogP contribution in [0.1, 0.15) is 57.8 Å². The van der Waals surface area contributed by atoms with E-state index in [0.717, 1.165) is 32.0 Å². The van der Waals surface area contributed by atoms with Gasteiger partial charge < -0.3 is 15.8 Å². The fourth-order valence-electron chi connectivity index (χ4n) is 4.33. The highest BCUT2D eigenvalue weighted by Crippen LogP contribution is 2.27. The summed E-state index contributed by atoms with van der Waals surface area (Å²) in [6.07, 6.45) is 12.4. The van der Waals surface area contributed by atoms with Crippen LogP contribution in [0.15, 0.2) is 4.99 Å². The minimum absolute atomic E-state index is 0. The van der Waals surface area contributed by atoms with Crippen LogP contribution in [0.3, 0.4) is 0 Å². The molecule has 0 aromatic heterocycles. The van der Waals surface area contributed by atoms with E-state index in [1.807, 2.05) is 0 Å². The van der Waals surface area contributed by atoms with Crippen molar-refractivity contribution < 1.29 is 4.74 Å². The van der Waals surface area contributed by atoms with Gasteiger partial charge in [-0.05, 0) is 51.0 Å². The van der Waals surface area contributed by atoms with Gasteiger partial charge in [0.1, 0.15) is 0 Å². The molecule has 0 spiro atoms. The van der Waals surface area contributed by atoms with Crippen molar-refractivity contribution in [2.24, 2.45) is 16.6 Å². The molecular formula is C18H35IN4O. The Labute approximate surface area is 164 Å². The Bertz CT molecular complexity index is 381. The minimum Gasteiger partial charge on any atom is -0.376 e. The predicted molar refractivity (Wildman–Crippen MR) is 110 cm³/mol. The van der Waals surface area contributed by atoms with Crippen molar-refractivity contribution in [3.8, 4) is 0 Å². The van der Waals surface area contributed by atoms with Crippen LogP contribution in [-0.2, 0) is 4.74 Å². The fraction of sp³-hybridized carbons (Fsp3) is 0.944. The van der Waals surface area contributed by atoms with E-state index in [4.69, 9.17) is 10.5 Å². The van der Waals surface area contributed by atoms with Gasteiger partial charge in [0, 0.05) is 25.7 Å². The average molecular weight is 450 g/mol. The van der Waals surface area contributed by atoms with Gasteiger partial charge in [-0.25, -0.2) is 0 Å². The molecule has 2 unspecified atom stereocenters. The molecule has 0 amide bonds. The highest BCUT2D eigenvalue weighted by molar-refractivity contribution is 14.0. The van der Waals surface area contributed by atoms with Crippen molar-refractivity contribution in [2.75, 3.05) is 32.8 Å². The van der Waals surface area contributed by atoms with Gasteiger partial charge in [-0.2, -0.15) is 0 Å². The molecular weight excluding hydrogens is 415 g/mol. The SMILES string of the molecule is I.NC(=NCC1CCCN1CC1CCCCC1)NCC1CCCO1. The van der Waals surface area contributed by atoms with Gasteiger partial charge in [0.05, 0.1) is 12.6 Å². The molecule has 3 N–H and O–H groups in total. The van der Waals surface area contributed by atoms with Crippen molar-refractivity contribution in [2.45, 2.75) is 69.9 Å². The molecule has 1 saturated carbocycles. The zero-order valence-electron chi connectivity index (χ0n) is 14.9. The van der Waals surface area contributed by atoms with E-state index in [1.165, 1.54) is 64.5 Å². The van der Waals surface area contributed by atoms with Crippen LogP contribution in [0, 0.1) is 5.92 Å². The van der Waals surface area contributed by atoms with Crippen LogP contribution in [0.5, 0.6) is 0 Å². The number of guanidine groups is 1. The van der Waals surface area contributed by atoms with Crippen molar-refractivity contribution in [3.05, 3.63) is 0 Å². The fourth-order valence-corrected chi connectivity index (χ4v) is 4.33. The number of hydrogen-bond acceptors (Lipinski definition) is 3. The normalized spacial score (nSPS) is 29.6. The number of nitrogens with zero attached hydrogens (tertiary/aromatic N) is 2. The summed E-state index contributed by atoms with van der Waals surface area (Å²) in [6, 6.07) is 0.597. The van der Waals surface area contributed by atoms with Gasteiger partial charge in [0.15, 0.2) is 5.96 Å². The van der Waals surface area contributed by atoms with E-state index in [9.17, 15) is 0 Å². The molecule has 0 radical (unpaired) electrons. The molecule has 3 aliphatic rings. The molecule has 1 aliphatic carbocycles. The smallest absolute Gasteiger partial charge is 0.188 e. The Morgan fingerprint density at radius 3 is 2.67 bits per heavy atom. The third-order valence-electron chi connectivity index (χ3n) is 5.72. The Kier molecular flexibility index (Phi) is 9.11. The van der Waals surface area contributed by atoms with Gasteiger partial charge in [-0.15, -0.1) is 24.0 Å². The monoisotopic (exact) mass is 450 g/mol. The summed E-state index contributed by atoms with van der Waals surface area (Å²) in [6.45, 7) is 5.06. The summed E-state index contributed by atoms with van der Waals surface area (Å²) in [7, 11) is 0. The average Bonchev–Trinajstić information content (AvgIpc) is 3.24. The first-order valence-electron chi connectivity index (χ1n) is 9.70. The molecule has 3 fully saturated rings. The van der Waals surface area contributed by atoms with Crippen LogP contribution in [0.2, 0.25) is 0 Å². The maximum atomic E-state index is 6.02. The Balaban J connectivity index is 0.00000208. The molecule has 2 heterocycles. The molecule has 0 aromatic carbocycles. The standard InChI is InChI=1S/C18H34N4O.HI/c19-18(21-13-17-9-5-11-23-17)20-12-16-8-4-10-22(16)14-15-6-2-1-3-7-15;/h15-17H,1-14H2,(H3,19,20,21);1H. The van der Waals surface area contributed by atoms with Crippen LogP contribution in [0.4, 0.5) is 0 Å². The molecule has 2 aliphatic heterocycles. The molecule has 140 valence electrons. The summed E-state index contributed by atoms with van der Waals surface area (Å²) in [4.78, 5) is 7.27. The Hall–Kier alpha value is -0.0800. The van der Waals surface area contributed by atoms with Gasteiger partial charge in [0.2, 0.25) is 0 Å². The van der Waals surface area contributed by atoms with E-state index in [2.05, 4.69) is 15.2 Å². The van der Waals surface area contributed by atoms with Crippen LogP contribution in [-0.4, -0.2) is 55.8 Å². The zero-order chi connectivity index (χ0) is 15.9. The molecule has 24 heavy (non-hydrogen) atoms. The molecule has 3 rings (SSSR count). The Morgan fingerprint density at radius 2 is 1.92 bits per heavy atom. The van der Waals surface area contributed by atoms with E-state index in [0.29, 0.717) is 18.1 Å². The molecule has 2 atom stereocenters. The highest BCUT2D eigenvalue weighted by atomic mass is 127. The van der Waals surface area contributed by atoms with Crippen molar-refractivity contribution >= 4 is 29.9 Å². The topological polar surface area (TPSA) is 62.9 Å². The summed E-state index contributed by atoms with van der Waals surface area (Å²) < 4.78 is 5.60. The van der Waals surface area contributed by atoms with Crippen LogP contribution < -0.4 is 11.1 Å². The minimum atomic E-state index is 0. The molecule has 5 nitrogen and oxygen atoms in total. The van der Waals surface area contributed by atoms with E-state index in [-0.39, 0.29) is 24.0 Å². The summed E-state index contributed by atoms with van der Waals surface area (Å²) in [5, 5.41) is 3.23. The molecule has 2 saturated heterocycles. The second-order valence-electron chi connectivity index (χ2n) is 7.54. The number of likely N-dealkylation sites (tertiary alicyclic amines) is 1. The van der Waals surface area contributed by atoms with Crippen molar-refractivity contribution in [1.82, 2.24) is 10.2 Å². The van der Waals surface area contributed by atoms with Gasteiger partial charge in [-0.1, -0.05) is 19.3 Å². The van der Waals surface area contributed by atoms with Crippen molar-refractivity contribution in [1.29, 1.82) is 0 Å². The Morgan fingerprint density at radius 1 is 1.08 bits per heavy atom. The lowest BCUT2D eigenvalue weighted by Gasteiger charge is -2.30. The third-order valence-corrected chi connectivity index (χ3v) is 5.72. The first-order valence-corrected chi connectivity index (χ1v) is 9.70. The zero-order valence-corrected chi connectivity index (χ0v) is 17.3. The quantitative estimate of drug-likeness (QED) is 0.371. The lowest BCUT2D eigenvalue weighted by Crippen LogP contribution is -2.40. The lowest BCUT2D eigenvalue weighted by molar-refractivity contribution is 0.114. The predicted octanol–water partition coefficient (Wildman–Crippen LogP) is 2.73. The highest BCUT2D eigenvalue weighted by Gasteiger charge is 2.27. The lowest BCUT2D eigenvalue weighted by atomic mass is 9.89. The number of rotatable bonds is 6. The van der Waals surface area contributed by atoms with E-state index < -0.39 is 0 Å². The second kappa shape index (κ2) is 10.8. The molecule has 0 bridgehead atoms. The largest absolute Gasteiger partial charge is 0.376 e. The van der Waals surface area contributed by atoms with Gasteiger partial charge in [-0.3, -0.25) is 9.89 Å². The van der Waals surface area contributed by atoms with Crippen LogP contribution in [0.25, 0.3) is 0 Å². The third kappa shape index (κ3) is 6.33. The van der Waals surface area contributed by atoms with E-state index >= 15 is 0 Å². The number of aliphatic imine (C=N–C) groups is 1. The van der Waals surface area contributed by atoms with Crippen LogP contribution >= 0.6 is 24.0 Å². The second-order valence-corrected chi connectivity index (χ2v) is 7.54. The van der Waals surface area contributed by atoms with Gasteiger partial charge >= 0.3 is 0 Å². The first kappa shape index (κ1) is 20.2. The number of ether oxygens (including phenoxy) is 1. The molecule has 0 aromatic rings. The van der Waals surface area contributed by atoms with E-state index in [1.54, 1.807) is 0 Å². The van der Waals surface area contributed by atoms with Crippen molar-refractivity contribution in [3.63, 3.8) is 0 Å². The summed E-state index contributed by atoms with van der Waals surface area (Å²) in [5.41, 5.74) is 6.02. The number of nitrogens with one attached hydrogen (secondary N) is 1. The van der Waals surface area contributed by atoms with Gasteiger partial charge in [0.25, 0.3) is 0 Å². The first-order chi connectivity index (χ1) is 11.3.